The first-order valence-corrected chi connectivity index (χ1v) is 6.84. The Labute approximate surface area is 121 Å². The molecule has 2 rings (SSSR count). The van der Waals surface area contributed by atoms with Gasteiger partial charge in [-0.25, -0.2) is 13.9 Å². The summed E-state index contributed by atoms with van der Waals surface area (Å²) in [6.45, 7) is 4.33. The average molecular weight is 292 g/mol. The number of pyridine rings is 1. The Morgan fingerprint density at radius 2 is 2.19 bits per heavy atom. The van der Waals surface area contributed by atoms with Gasteiger partial charge in [-0.2, -0.15) is 0 Å². The van der Waals surface area contributed by atoms with Gasteiger partial charge in [-0.3, -0.25) is 4.98 Å². The Kier molecular flexibility index (Phi) is 4.97. The molecule has 0 saturated heterocycles. The van der Waals surface area contributed by atoms with E-state index in [1.165, 1.54) is 6.07 Å². The Hall–Kier alpha value is -2.31. The van der Waals surface area contributed by atoms with Gasteiger partial charge in [-0.05, 0) is 25.0 Å². The number of hydrogen-bond acceptors (Lipinski definition) is 5. The molecule has 6 nitrogen and oxygen atoms in total. The van der Waals surface area contributed by atoms with Crippen LogP contribution in [0.25, 0.3) is 0 Å². The van der Waals surface area contributed by atoms with Gasteiger partial charge in [0.05, 0.1) is 25.0 Å². The van der Waals surface area contributed by atoms with Gasteiger partial charge < -0.3 is 4.74 Å². The fourth-order valence-corrected chi connectivity index (χ4v) is 2.02. The van der Waals surface area contributed by atoms with E-state index in [2.05, 4.69) is 15.3 Å². The van der Waals surface area contributed by atoms with Crippen molar-refractivity contribution in [2.24, 2.45) is 0 Å². The summed E-state index contributed by atoms with van der Waals surface area (Å²) >= 11 is 0. The van der Waals surface area contributed by atoms with E-state index in [9.17, 15) is 9.18 Å². The summed E-state index contributed by atoms with van der Waals surface area (Å²) in [5.74, 6) is -0.889. The SMILES string of the molecule is CCCc1c(C(=O)OCC)nnn1Cc1cncc(F)c1. The maximum absolute atomic E-state index is 13.2. The lowest BCUT2D eigenvalue weighted by Gasteiger charge is -2.07. The third-order valence-electron chi connectivity index (χ3n) is 2.89. The summed E-state index contributed by atoms with van der Waals surface area (Å²) in [6, 6.07) is 1.38. The van der Waals surface area contributed by atoms with Crippen LogP contribution in [-0.4, -0.2) is 32.6 Å². The molecule has 21 heavy (non-hydrogen) atoms. The molecule has 0 amide bonds. The molecule has 0 aliphatic heterocycles. The van der Waals surface area contributed by atoms with Crippen LogP contribution in [0.1, 0.15) is 42.0 Å². The molecule has 2 aromatic rings. The van der Waals surface area contributed by atoms with Gasteiger partial charge >= 0.3 is 5.97 Å². The third-order valence-corrected chi connectivity index (χ3v) is 2.89. The Morgan fingerprint density at radius 3 is 2.86 bits per heavy atom. The van der Waals surface area contributed by atoms with Gasteiger partial charge in [-0.15, -0.1) is 5.10 Å². The summed E-state index contributed by atoms with van der Waals surface area (Å²) in [4.78, 5) is 15.6. The van der Waals surface area contributed by atoms with Gasteiger partial charge in [-0.1, -0.05) is 18.6 Å². The molecule has 0 aliphatic rings. The predicted octanol–water partition coefficient (Wildman–Crippen LogP) is 1.99. The molecule has 2 aromatic heterocycles. The number of aromatic nitrogens is 4. The van der Waals surface area contributed by atoms with Crippen LogP contribution in [0.4, 0.5) is 4.39 Å². The van der Waals surface area contributed by atoms with E-state index in [0.29, 0.717) is 24.2 Å². The van der Waals surface area contributed by atoms with Gasteiger partial charge in [0.15, 0.2) is 5.69 Å². The first kappa shape index (κ1) is 15.1. The summed E-state index contributed by atoms with van der Waals surface area (Å²) in [6.07, 6.45) is 4.18. The second kappa shape index (κ2) is 6.92. The van der Waals surface area contributed by atoms with Gasteiger partial charge in [0.1, 0.15) is 5.82 Å². The monoisotopic (exact) mass is 292 g/mol. The first-order valence-electron chi connectivity index (χ1n) is 6.84. The number of carbonyl (C=O) groups is 1. The molecule has 7 heteroatoms. The van der Waals surface area contributed by atoms with Crippen LogP contribution >= 0.6 is 0 Å². The van der Waals surface area contributed by atoms with Crippen molar-refractivity contribution in [3.05, 3.63) is 41.2 Å². The van der Waals surface area contributed by atoms with Crippen molar-refractivity contribution in [3.63, 3.8) is 0 Å². The Bertz CT molecular complexity index is 627. The van der Waals surface area contributed by atoms with E-state index in [-0.39, 0.29) is 12.3 Å². The van der Waals surface area contributed by atoms with E-state index in [1.54, 1.807) is 17.8 Å². The van der Waals surface area contributed by atoms with Crippen LogP contribution in [-0.2, 0) is 17.7 Å². The van der Waals surface area contributed by atoms with Crippen molar-refractivity contribution in [2.75, 3.05) is 6.61 Å². The van der Waals surface area contributed by atoms with Gasteiger partial charge in [0, 0.05) is 6.20 Å². The second-order valence-electron chi connectivity index (χ2n) is 4.52. The lowest BCUT2D eigenvalue weighted by Crippen LogP contribution is -2.12. The van der Waals surface area contributed by atoms with Gasteiger partial charge in [0.2, 0.25) is 0 Å². The highest BCUT2D eigenvalue weighted by Crippen LogP contribution is 2.12. The largest absolute Gasteiger partial charge is 0.461 e. The summed E-state index contributed by atoms with van der Waals surface area (Å²) in [5, 5.41) is 7.87. The van der Waals surface area contributed by atoms with Crippen LogP contribution in [0.5, 0.6) is 0 Å². The quantitative estimate of drug-likeness (QED) is 0.761. The Morgan fingerprint density at radius 1 is 1.38 bits per heavy atom. The summed E-state index contributed by atoms with van der Waals surface area (Å²) in [7, 11) is 0. The van der Waals surface area contributed by atoms with Crippen molar-refractivity contribution in [2.45, 2.75) is 33.2 Å². The zero-order valence-electron chi connectivity index (χ0n) is 12.0. The number of nitrogens with zero attached hydrogens (tertiary/aromatic N) is 4. The average Bonchev–Trinajstić information content (AvgIpc) is 2.83. The molecular formula is C14H17FN4O2. The summed E-state index contributed by atoms with van der Waals surface area (Å²) < 4.78 is 19.7. The lowest BCUT2D eigenvalue weighted by atomic mass is 10.2. The maximum atomic E-state index is 13.2. The smallest absolute Gasteiger partial charge is 0.360 e. The van der Waals surface area contributed by atoms with E-state index < -0.39 is 11.8 Å². The molecule has 2 heterocycles. The zero-order valence-corrected chi connectivity index (χ0v) is 12.0. The number of ether oxygens (including phenoxy) is 1. The van der Waals surface area contributed by atoms with Crippen molar-refractivity contribution >= 4 is 5.97 Å². The van der Waals surface area contributed by atoms with E-state index >= 15 is 0 Å². The standard InChI is InChI=1S/C14H17FN4O2/c1-3-5-12-13(14(20)21-4-2)17-18-19(12)9-10-6-11(15)8-16-7-10/h6-8H,3-5,9H2,1-2H3. The Balaban J connectivity index is 2.29. The molecule has 112 valence electrons. The number of hydrogen-bond donors (Lipinski definition) is 0. The molecular weight excluding hydrogens is 275 g/mol. The summed E-state index contributed by atoms with van der Waals surface area (Å²) in [5.41, 5.74) is 1.58. The van der Waals surface area contributed by atoms with Crippen molar-refractivity contribution < 1.29 is 13.9 Å². The minimum Gasteiger partial charge on any atom is -0.461 e. The minimum absolute atomic E-state index is 0.225. The first-order chi connectivity index (χ1) is 10.2. The molecule has 0 atom stereocenters. The number of halogens is 1. The molecule has 0 radical (unpaired) electrons. The van der Waals surface area contributed by atoms with E-state index in [1.807, 2.05) is 6.92 Å². The zero-order chi connectivity index (χ0) is 15.2. The predicted molar refractivity (Wildman–Crippen MR) is 73.3 cm³/mol. The fraction of sp³-hybridized carbons (Fsp3) is 0.429. The molecule has 0 bridgehead atoms. The highest BCUT2D eigenvalue weighted by Gasteiger charge is 2.20. The van der Waals surface area contributed by atoms with Gasteiger partial charge in [0.25, 0.3) is 0 Å². The second-order valence-corrected chi connectivity index (χ2v) is 4.52. The molecule has 0 N–H and O–H groups in total. The normalized spacial score (nSPS) is 10.6. The maximum Gasteiger partial charge on any atom is 0.360 e. The van der Waals surface area contributed by atoms with Crippen molar-refractivity contribution in [1.29, 1.82) is 0 Å². The number of rotatable bonds is 6. The van der Waals surface area contributed by atoms with Crippen LogP contribution in [0, 0.1) is 5.82 Å². The minimum atomic E-state index is -0.482. The van der Waals surface area contributed by atoms with Crippen LogP contribution in [0.15, 0.2) is 18.5 Å². The van der Waals surface area contributed by atoms with Crippen molar-refractivity contribution in [3.8, 4) is 0 Å². The van der Waals surface area contributed by atoms with Crippen LogP contribution < -0.4 is 0 Å². The topological polar surface area (TPSA) is 69.9 Å². The lowest BCUT2D eigenvalue weighted by molar-refractivity contribution is 0.0518. The van der Waals surface area contributed by atoms with Crippen LogP contribution in [0.3, 0.4) is 0 Å². The number of carbonyl (C=O) groups excluding carboxylic acids is 1. The van der Waals surface area contributed by atoms with E-state index in [0.717, 1.165) is 12.6 Å². The molecule has 0 saturated carbocycles. The fourth-order valence-electron chi connectivity index (χ4n) is 2.02. The number of esters is 1. The van der Waals surface area contributed by atoms with Crippen LogP contribution in [0.2, 0.25) is 0 Å². The highest BCUT2D eigenvalue weighted by atomic mass is 19.1. The van der Waals surface area contributed by atoms with E-state index in [4.69, 9.17) is 4.74 Å². The molecule has 0 unspecified atom stereocenters. The molecule has 0 spiro atoms. The molecule has 0 aromatic carbocycles. The molecule has 0 aliphatic carbocycles. The van der Waals surface area contributed by atoms with Crippen molar-refractivity contribution in [1.82, 2.24) is 20.0 Å². The molecule has 0 fully saturated rings. The highest BCUT2D eigenvalue weighted by molar-refractivity contribution is 5.88. The third kappa shape index (κ3) is 3.62.